The fraction of sp³-hybridized carbons (Fsp3) is 0.641. The number of hydrogen-bond donors (Lipinski definition) is 3. The minimum absolute atomic E-state index is 0.0970. The van der Waals surface area contributed by atoms with Gasteiger partial charge in [-0.1, -0.05) is 29.8 Å². The zero-order valence-electron chi connectivity index (χ0n) is 34.9. The molecule has 2 amide bonds. The molecule has 0 aliphatic carbocycles. The number of nitriles is 2. The number of nitrogens with zero attached hydrogens (tertiary/aromatic N) is 7. The second-order valence-electron chi connectivity index (χ2n) is 15.3. The van der Waals surface area contributed by atoms with Crippen molar-refractivity contribution in [3.05, 3.63) is 34.9 Å². The number of carbonyl (C=O) groups excluding carboxylic acids is 4. The number of piperidine rings is 2. The summed E-state index contributed by atoms with van der Waals surface area (Å²) < 4.78 is 20.6. The number of esters is 2. The topological polar surface area (TPSA) is 223 Å². The number of carbonyl (C=O) groups is 4. The molecule has 2 atom stereocenters. The lowest BCUT2D eigenvalue weighted by Crippen LogP contribution is -2.54. The van der Waals surface area contributed by atoms with Gasteiger partial charge in [-0.15, -0.1) is 4.99 Å². The summed E-state index contributed by atoms with van der Waals surface area (Å²) in [6.07, 6.45) is 5.84. The molecule has 0 aromatic heterocycles. The number of ether oxygens (including phenoxy) is 4. The van der Waals surface area contributed by atoms with Crippen LogP contribution >= 0.6 is 11.6 Å². The van der Waals surface area contributed by atoms with E-state index < -0.39 is 35.3 Å². The number of benzene rings is 1. The van der Waals surface area contributed by atoms with Gasteiger partial charge < -0.3 is 44.3 Å². The number of halogens is 1. The SMILES string of the molecule is CCOC(=O)CN(Cc1ccccc1Cl)C(=NC#N)N1CCC[C@@H](NC(=O)OC(C)(C)C)C1.CCOC(=O)CN=C(NC#N)N1CCC[C@@H](NC(=O)OC(C)(C)C)C1. The minimum Gasteiger partial charge on any atom is -0.465 e. The number of alkyl carbamates (subject to hydrolysis) is 2. The Kier molecular flexibility index (Phi) is 20.4. The maximum absolute atomic E-state index is 12.3. The van der Waals surface area contributed by atoms with Crippen molar-refractivity contribution in [3.8, 4) is 12.4 Å². The van der Waals surface area contributed by atoms with Crippen molar-refractivity contribution in [2.45, 2.75) is 111 Å². The number of amides is 2. The van der Waals surface area contributed by atoms with Crippen LogP contribution in [0.3, 0.4) is 0 Å². The second kappa shape index (κ2) is 24.3. The summed E-state index contributed by atoms with van der Waals surface area (Å²) in [4.78, 5) is 61.5. The molecule has 2 heterocycles. The predicted molar refractivity (Wildman–Crippen MR) is 217 cm³/mol. The molecule has 18 nitrogen and oxygen atoms in total. The summed E-state index contributed by atoms with van der Waals surface area (Å²) in [6.45, 7) is 17.0. The smallest absolute Gasteiger partial charge is 0.407 e. The maximum Gasteiger partial charge on any atom is 0.407 e. The van der Waals surface area contributed by atoms with E-state index in [2.05, 4.69) is 25.9 Å². The van der Waals surface area contributed by atoms with E-state index in [4.69, 9.17) is 35.8 Å². The van der Waals surface area contributed by atoms with Crippen LogP contribution in [-0.4, -0.2) is 127 Å². The van der Waals surface area contributed by atoms with Crippen molar-refractivity contribution in [2.75, 3.05) is 52.5 Å². The Morgan fingerprint density at radius 2 is 1.40 bits per heavy atom. The Balaban J connectivity index is 0.000000416. The van der Waals surface area contributed by atoms with E-state index in [1.807, 2.05) is 40.4 Å². The van der Waals surface area contributed by atoms with Crippen molar-refractivity contribution in [1.29, 1.82) is 10.5 Å². The van der Waals surface area contributed by atoms with E-state index in [1.165, 1.54) is 0 Å². The summed E-state index contributed by atoms with van der Waals surface area (Å²) in [5.74, 6) is -0.261. The van der Waals surface area contributed by atoms with Crippen molar-refractivity contribution in [3.63, 3.8) is 0 Å². The summed E-state index contributed by atoms with van der Waals surface area (Å²) in [5.41, 5.74) is -0.376. The quantitative estimate of drug-likeness (QED) is 0.0738. The highest BCUT2D eigenvalue weighted by Gasteiger charge is 2.30. The van der Waals surface area contributed by atoms with E-state index in [0.717, 1.165) is 31.2 Å². The molecule has 2 saturated heterocycles. The summed E-state index contributed by atoms with van der Waals surface area (Å²) >= 11 is 6.34. The lowest BCUT2D eigenvalue weighted by Gasteiger charge is -2.38. The van der Waals surface area contributed by atoms with Crippen LogP contribution in [0.25, 0.3) is 0 Å². The molecular weight excluding hydrogens is 772 g/mol. The second-order valence-corrected chi connectivity index (χ2v) is 15.7. The van der Waals surface area contributed by atoms with Gasteiger partial charge in [0.05, 0.1) is 13.2 Å². The molecule has 2 fully saturated rings. The maximum atomic E-state index is 12.3. The number of nitrogens with one attached hydrogen (secondary N) is 3. The summed E-state index contributed by atoms with van der Waals surface area (Å²) in [5, 5.41) is 27.0. The van der Waals surface area contributed by atoms with Crippen LogP contribution in [0, 0.1) is 22.9 Å². The molecule has 0 radical (unpaired) electrons. The normalized spacial score (nSPS) is 17.2. The average Bonchev–Trinajstić information content (AvgIpc) is 3.12. The largest absolute Gasteiger partial charge is 0.465 e. The van der Waals surface area contributed by atoms with Gasteiger partial charge in [-0.25, -0.2) is 14.6 Å². The molecule has 1 aromatic carbocycles. The van der Waals surface area contributed by atoms with Crippen LogP contribution in [0.4, 0.5) is 9.59 Å². The number of likely N-dealkylation sites (tertiary alicyclic amines) is 2. The van der Waals surface area contributed by atoms with Crippen LogP contribution in [0.5, 0.6) is 0 Å². The average molecular weight is 831 g/mol. The van der Waals surface area contributed by atoms with Crippen LogP contribution < -0.4 is 16.0 Å². The summed E-state index contributed by atoms with van der Waals surface area (Å²) in [6, 6.07) is 6.98. The van der Waals surface area contributed by atoms with E-state index in [9.17, 15) is 24.4 Å². The van der Waals surface area contributed by atoms with Gasteiger partial charge in [-0.05, 0) is 92.7 Å². The Morgan fingerprint density at radius 1 is 0.862 bits per heavy atom. The molecule has 3 rings (SSSR count). The third kappa shape index (κ3) is 19.1. The summed E-state index contributed by atoms with van der Waals surface area (Å²) in [7, 11) is 0. The van der Waals surface area contributed by atoms with E-state index in [-0.39, 0.29) is 44.9 Å². The van der Waals surface area contributed by atoms with Gasteiger partial charge in [0, 0.05) is 49.8 Å². The van der Waals surface area contributed by atoms with Gasteiger partial charge in [0.2, 0.25) is 18.1 Å². The van der Waals surface area contributed by atoms with Gasteiger partial charge in [0.25, 0.3) is 0 Å². The Labute approximate surface area is 346 Å². The first-order valence-corrected chi connectivity index (χ1v) is 19.7. The van der Waals surface area contributed by atoms with Crippen LogP contribution in [-0.2, 0) is 35.1 Å². The zero-order chi connectivity index (χ0) is 43.3. The monoisotopic (exact) mass is 830 g/mol. The van der Waals surface area contributed by atoms with E-state index in [1.54, 1.807) is 66.4 Å². The molecule has 58 heavy (non-hydrogen) atoms. The van der Waals surface area contributed by atoms with Gasteiger partial charge in [-0.2, -0.15) is 10.5 Å². The molecule has 0 bridgehead atoms. The first kappa shape index (κ1) is 48.7. The molecular formula is C39H59ClN10O8. The fourth-order valence-electron chi connectivity index (χ4n) is 5.91. The first-order chi connectivity index (χ1) is 27.4. The molecule has 3 N–H and O–H groups in total. The highest BCUT2D eigenvalue weighted by molar-refractivity contribution is 6.31. The molecule has 320 valence electrons. The number of aliphatic imine (C=N–C) groups is 2. The van der Waals surface area contributed by atoms with Crippen LogP contribution in [0.1, 0.15) is 86.6 Å². The number of guanidine groups is 2. The van der Waals surface area contributed by atoms with Gasteiger partial charge in [0.1, 0.15) is 24.3 Å². The standard InChI is InChI=1S/C23H32ClN5O4.C16H27N5O4/c1-5-32-20(30)15-29(13-17-9-6-7-11-19(17)24)21(26-16-25)28-12-8-10-18(14-28)27-22(31)33-23(2,3)4;1-5-24-13(22)9-18-14(19-11-17)21-8-6-7-12(10-21)20-15(23)25-16(2,3)4/h6-7,9,11,18H,5,8,10,12-15H2,1-4H3,(H,27,31);12H,5-10H2,1-4H3,(H,18,19)(H,20,23)/t18-;12-/m11/s1. The molecule has 0 saturated carbocycles. The minimum atomic E-state index is -0.600. The van der Waals surface area contributed by atoms with Crippen LogP contribution in [0.2, 0.25) is 5.02 Å². The molecule has 2 aliphatic rings. The predicted octanol–water partition coefficient (Wildman–Crippen LogP) is 4.50. The van der Waals surface area contributed by atoms with Crippen molar-refractivity contribution in [2.24, 2.45) is 9.98 Å². The highest BCUT2D eigenvalue weighted by atomic mass is 35.5. The van der Waals surface area contributed by atoms with Gasteiger partial charge in [0.15, 0.2) is 6.19 Å². The lowest BCUT2D eigenvalue weighted by atomic mass is 10.1. The van der Waals surface area contributed by atoms with Gasteiger partial charge in [-0.3, -0.25) is 14.9 Å². The zero-order valence-corrected chi connectivity index (χ0v) is 35.7. The highest BCUT2D eigenvalue weighted by Crippen LogP contribution is 2.20. The van der Waals surface area contributed by atoms with Crippen molar-refractivity contribution < 1.29 is 38.1 Å². The third-order valence-corrected chi connectivity index (χ3v) is 8.44. The lowest BCUT2D eigenvalue weighted by molar-refractivity contribution is -0.144. The first-order valence-electron chi connectivity index (χ1n) is 19.3. The molecule has 2 aliphatic heterocycles. The molecule has 1 aromatic rings. The Hall–Kier alpha value is -5.49. The fourth-order valence-corrected chi connectivity index (χ4v) is 6.10. The molecule has 19 heteroatoms. The molecule has 0 unspecified atom stereocenters. The van der Waals surface area contributed by atoms with E-state index in [0.29, 0.717) is 43.1 Å². The molecule has 0 spiro atoms. The number of hydrogen-bond acceptors (Lipinski definition) is 12. The van der Waals surface area contributed by atoms with Gasteiger partial charge >= 0.3 is 24.1 Å². The Bertz CT molecular complexity index is 1660. The number of rotatable bonds is 10. The Morgan fingerprint density at radius 3 is 1.91 bits per heavy atom. The van der Waals surface area contributed by atoms with Crippen molar-refractivity contribution >= 4 is 47.6 Å². The van der Waals surface area contributed by atoms with Crippen LogP contribution in [0.15, 0.2) is 34.3 Å². The van der Waals surface area contributed by atoms with Crippen molar-refractivity contribution in [1.82, 2.24) is 30.7 Å². The van der Waals surface area contributed by atoms with E-state index >= 15 is 0 Å². The third-order valence-electron chi connectivity index (χ3n) is 8.08.